The maximum atomic E-state index is 11.4. The zero-order valence-electron chi connectivity index (χ0n) is 8.25. The predicted molar refractivity (Wildman–Crippen MR) is 54.9 cm³/mol. The fourth-order valence-electron chi connectivity index (χ4n) is 0.974. The summed E-state index contributed by atoms with van der Waals surface area (Å²) in [5.74, 6) is -0.403. The Morgan fingerprint density at radius 3 is 2.79 bits per heavy atom. The van der Waals surface area contributed by atoms with Gasteiger partial charge in [-0.15, -0.1) is 0 Å². The van der Waals surface area contributed by atoms with Crippen molar-refractivity contribution in [2.45, 2.75) is 26.7 Å². The van der Waals surface area contributed by atoms with Crippen LogP contribution in [-0.2, 0) is 4.74 Å². The molecule has 0 spiro atoms. The van der Waals surface area contributed by atoms with E-state index in [9.17, 15) is 9.59 Å². The number of esters is 1. The van der Waals surface area contributed by atoms with Gasteiger partial charge < -0.3 is 9.72 Å². The number of hydrogen-bond acceptors (Lipinski definition) is 4. The Balaban J connectivity index is 2.60. The van der Waals surface area contributed by atoms with E-state index in [0.29, 0.717) is 17.2 Å². The number of aryl methyl sites for hydroxylation is 1. The molecule has 1 aromatic heterocycles. The molecule has 0 radical (unpaired) electrons. The van der Waals surface area contributed by atoms with Crippen LogP contribution < -0.4 is 4.87 Å². The predicted octanol–water partition coefficient (Wildman–Crippen LogP) is 1.70. The van der Waals surface area contributed by atoms with Crippen LogP contribution in [0.1, 0.15) is 35.1 Å². The molecular weight excluding hydrogens is 202 g/mol. The summed E-state index contributed by atoms with van der Waals surface area (Å²) in [6, 6.07) is 0. The zero-order valence-corrected chi connectivity index (χ0v) is 9.07. The fraction of sp³-hybridized carbons (Fsp3) is 0.556. The van der Waals surface area contributed by atoms with Crippen LogP contribution in [0.15, 0.2) is 4.79 Å². The van der Waals surface area contributed by atoms with E-state index in [2.05, 4.69) is 4.98 Å². The van der Waals surface area contributed by atoms with E-state index >= 15 is 0 Å². The molecule has 1 heterocycles. The summed E-state index contributed by atoms with van der Waals surface area (Å²) in [6.07, 6.45) is 1.83. The van der Waals surface area contributed by atoms with Gasteiger partial charge in [-0.05, 0) is 13.3 Å². The van der Waals surface area contributed by atoms with Crippen molar-refractivity contribution in [2.75, 3.05) is 6.61 Å². The summed E-state index contributed by atoms with van der Waals surface area (Å²) in [4.78, 5) is 25.0. The van der Waals surface area contributed by atoms with E-state index in [1.165, 1.54) is 0 Å². The number of rotatable bonds is 4. The van der Waals surface area contributed by atoms with E-state index in [4.69, 9.17) is 4.74 Å². The molecule has 0 bridgehead atoms. The van der Waals surface area contributed by atoms with E-state index < -0.39 is 5.97 Å². The van der Waals surface area contributed by atoms with Gasteiger partial charge in [0.2, 0.25) is 0 Å². The second-order valence-corrected chi connectivity index (χ2v) is 3.94. The SMILES string of the molecule is CCCCOC(=O)c1sc(=O)[nH]c1C. The van der Waals surface area contributed by atoms with E-state index in [1.807, 2.05) is 6.92 Å². The third kappa shape index (κ3) is 2.70. The Morgan fingerprint density at radius 2 is 2.29 bits per heavy atom. The molecule has 0 amide bonds. The van der Waals surface area contributed by atoms with Crippen LogP contribution in [-0.4, -0.2) is 17.6 Å². The monoisotopic (exact) mass is 215 g/mol. The lowest BCUT2D eigenvalue weighted by atomic mass is 10.3. The molecule has 1 rings (SSSR count). The number of unbranched alkanes of at least 4 members (excludes halogenated alkanes) is 1. The molecule has 0 saturated heterocycles. The van der Waals surface area contributed by atoms with Crippen LogP contribution in [0.3, 0.4) is 0 Å². The van der Waals surface area contributed by atoms with Crippen LogP contribution in [0.4, 0.5) is 0 Å². The number of carbonyl (C=O) groups is 1. The molecule has 0 aliphatic heterocycles. The summed E-state index contributed by atoms with van der Waals surface area (Å²) in [6.45, 7) is 4.13. The van der Waals surface area contributed by atoms with Gasteiger partial charge in [-0.25, -0.2) is 4.79 Å². The number of ether oxygens (including phenoxy) is 1. The van der Waals surface area contributed by atoms with Gasteiger partial charge in [0.05, 0.1) is 6.61 Å². The minimum Gasteiger partial charge on any atom is -0.461 e. The number of nitrogens with one attached hydrogen (secondary N) is 1. The summed E-state index contributed by atoms with van der Waals surface area (Å²) >= 11 is 0.895. The highest BCUT2D eigenvalue weighted by Crippen LogP contribution is 2.09. The quantitative estimate of drug-likeness (QED) is 0.614. The molecule has 0 atom stereocenters. The topological polar surface area (TPSA) is 59.2 Å². The fourth-order valence-corrected chi connectivity index (χ4v) is 1.71. The third-order valence-corrected chi connectivity index (χ3v) is 2.71. The van der Waals surface area contributed by atoms with Crippen molar-refractivity contribution in [1.82, 2.24) is 4.98 Å². The number of thiazole rings is 1. The molecule has 0 aliphatic carbocycles. The highest BCUT2D eigenvalue weighted by Gasteiger charge is 2.13. The lowest BCUT2D eigenvalue weighted by Gasteiger charge is -2.01. The lowest BCUT2D eigenvalue weighted by molar-refractivity contribution is 0.0504. The molecular formula is C9H13NO3S. The second-order valence-electron chi connectivity index (χ2n) is 2.96. The van der Waals surface area contributed by atoms with Crippen LogP contribution in [0.2, 0.25) is 0 Å². The van der Waals surface area contributed by atoms with Gasteiger partial charge in [0.25, 0.3) is 0 Å². The molecule has 0 unspecified atom stereocenters. The van der Waals surface area contributed by atoms with Crippen molar-refractivity contribution in [3.63, 3.8) is 0 Å². The highest BCUT2D eigenvalue weighted by atomic mass is 32.1. The average Bonchev–Trinajstić information content (AvgIpc) is 2.45. The average molecular weight is 215 g/mol. The summed E-state index contributed by atoms with van der Waals surface area (Å²) < 4.78 is 4.98. The van der Waals surface area contributed by atoms with E-state index in [-0.39, 0.29) is 4.87 Å². The molecule has 1 aromatic rings. The largest absolute Gasteiger partial charge is 0.461 e. The first-order chi connectivity index (χ1) is 6.65. The Hall–Kier alpha value is -1.10. The van der Waals surface area contributed by atoms with Gasteiger partial charge in [-0.3, -0.25) is 4.79 Å². The smallest absolute Gasteiger partial charge is 0.350 e. The number of aromatic nitrogens is 1. The molecule has 14 heavy (non-hydrogen) atoms. The number of H-pyrrole nitrogens is 1. The molecule has 4 nitrogen and oxygen atoms in total. The standard InChI is InChI=1S/C9H13NO3S/c1-3-4-5-13-8(11)7-6(2)10-9(12)14-7/h3-5H2,1-2H3,(H,10,12). The van der Waals surface area contributed by atoms with Crippen molar-refractivity contribution >= 4 is 17.3 Å². The summed E-state index contributed by atoms with van der Waals surface area (Å²) in [5, 5.41) is 0. The van der Waals surface area contributed by atoms with E-state index in [0.717, 1.165) is 24.2 Å². The maximum Gasteiger partial charge on any atom is 0.350 e. The minimum atomic E-state index is -0.403. The normalized spacial score (nSPS) is 10.1. The molecule has 1 N–H and O–H groups in total. The van der Waals surface area contributed by atoms with Gasteiger partial charge in [0.1, 0.15) is 4.88 Å². The number of carbonyl (C=O) groups excluding carboxylic acids is 1. The minimum absolute atomic E-state index is 0.218. The van der Waals surface area contributed by atoms with Gasteiger partial charge in [0, 0.05) is 5.69 Å². The third-order valence-electron chi connectivity index (χ3n) is 1.74. The number of aromatic amines is 1. The first-order valence-electron chi connectivity index (χ1n) is 4.52. The number of hydrogen-bond donors (Lipinski definition) is 1. The molecule has 0 saturated carbocycles. The maximum absolute atomic E-state index is 11.4. The van der Waals surface area contributed by atoms with Crippen LogP contribution in [0.25, 0.3) is 0 Å². The molecule has 5 heteroatoms. The second kappa shape index (κ2) is 4.95. The van der Waals surface area contributed by atoms with Crippen molar-refractivity contribution in [1.29, 1.82) is 0 Å². The van der Waals surface area contributed by atoms with Crippen LogP contribution in [0.5, 0.6) is 0 Å². The van der Waals surface area contributed by atoms with Gasteiger partial charge in [-0.2, -0.15) is 0 Å². The van der Waals surface area contributed by atoms with E-state index in [1.54, 1.807) is 6.92 Å². The Kier molecular flexibility index (Phi) is 3.88. The first kappa shape index (κ1) is 11.0. The highest BCUT2D eigenvalue weighted by molar-refractivity contribution is 7.11. The summed E-state index contributed by atoms with van der Waals surface area (Å²) in [5.41, 5.74) is 0.585. The van der Waals surface area contributed by atoms with Gasteiger partial charge in [-0.1, -0.05) is 24.7 Å². The van der Waals surface area contributed by atoms with Crippen LogP contribution >= 0.6 is 11.3 Å². The van der Waals surface area contributed by atoms with Gasteiger partial charge >= 0.3 is 10.8 Å². The summed E-state index contributed by atoms with van der Waals surface area (Å²) in [7, 11) is 0. The zero-order chi connectivity index (χ0) is 10.6. The molecule has 0 fully saturated rings. The first-order valence-corrected chi connectivity index (χ1v) is 5.33. The van der Waals surface area contributed by atoms with Gasteiger partial charge in [0.15, 0.2) is 0 Å². The lowest BCUT2D eigenvalue weighted by Crippen LogP contribution is -2.05. The molecule has 78 valence electrons. The van der Waals surface area contributed by atoms with Crippen molar-refractivity contribution in [3.05, 3.63) is 20.2 Å². The Morgan fingerprint density at radius 1 is 1.57 bits per heavy atom. The van der Waals surface area contributed by atoms with Crippen molar-refractivity contribution < 1.29 is 9.53 Å². The Bertz CT molecular complexity index is 366. The van der Waals surface area contributed by atoms with Crippen molar-refractivity contribution in [3.8, 4) is 0 Å². The molecule has 0 aliphatic rings. The van der Waals surface area contributed by atoms with Crippen LogP contribution in [0, 0.1) is 6.92 Å². The Labute approximate surface area is 85.9 Å². The molecule has 0 aromatic carbocycles. The van der Waals surface area contributed by atoms with Crippen molar-refractivity contribution in [2.24, 2.45) is 0 Å².